The summed E-state index contributed by atoms with van der Waals surface area (Å²) in [6, 6.07) is 12.5. The van der Waals surface area contributed by atoms with E-state index >= 15 is 0 Å². The quantitative estimate of drug-likeness (QED) is 0.754. The van der Waals surface area contributed by atoms with Crippen LogP contribution in [0, 0.1) is 9.39 Å². The number of hydrogen-bond donors (Lipinski definition) is 1. The smallest absolute Gasteiger partial charge is 0.252 e. The molecule has 3 rings (SSSR count). The highest BCUT2D eigenvalue weighted by Crippen LogP contribution is 2.20. The van der Waals surface area contributed by atoms with E-state index in [1.54, 1.807) is 0 Å². The molecule has 0 atom stereocenters. The maximum Gasteiger partial charge on any atom is 0.252 e. The van der Waals surface area contributed by atoms with Crippen LogP contribution in [0.15, 0.2) is 42.5 Å². The molecule has 0 aromatic heterocycles. The Hall–Kier alpha value is -1.63. The molecule has 0 spiro atoms. The van der Waals surface area contributed by atoms with Crippen LogP contribution < -0.4 is 10.2 Å². The molecular weight excluding hydrogens is 406 g/mol. The molecular formula is C18H18FIN2O. The second kappa shape index (κ2) is 7.29. The fourth-order valence-electron chi connectivity index (χ4n) is 2.75. The standard InChI is InChI=1S/C18H18FIN2O/c19-14-5-8-16(17(20)11-14)18(23)21-12-13-3-6-15(7-4-13)22-9-1-2-10-22/h3-8,11H,1-2,9-10,12H2,(H,21,23). The van der Waals surface area contributed by atoms with Gasteiger partial charge in [-0.05, 0) is 71.3 Å². The Kier molecular flexibility index (Phi) is 5.15. The molecule has 0 saturated carbocycles. The van der Waals surface area contributed by atoms with E-state index in [2.05, 4.69) is 22.3 Å². The molecule has 1 amide bonds. The van der Waals surface area contributed by atoms with Gasteiger partial charge in [0.15, 0.2) is 0 Å². The summed E-state index contributed by atoms with van der Waals surface area (Å²) >= 11 is 1.98. The lowest BCUT2D eigenvalue weighted by molar-refractivity contribution is 0.0950. The fourth-order valence-corrected chi connectivity index (χ4v) is 3.47. The zero-order chi connectivity index (χ0) is 16.2. The Balaban J connectivity index is 1.60. The van der Waals surface area contributed by atoms with Crippen molar-refractivity contribution in [3.8, 4) is 0 Å². The summed E-state index contributed by atoms with van der Waals surface area (Å²) < 4.78 is 13.7. The van der Waals surface area contributed by atoms with Crippen molar-refractivity contribution in [2.24, 2.45) is 0 Å². The van der Waals surface area contributed by atoms with Gasteiger partial charge in [-0.25, -0.2) is 4.39 Å². The number of carbonyl (C=O) groups is 1. The molecule has 1 N–H and O–H groups in total. The highest BCUT2D eigenvalue weighted by molar-refractivity contribution is 14.1. The fraction of sp³-hybridized carbons (Fsp3) is 0.278. The van der Waals surface area contributed by atoms with Gasteiger partial charge in [-0.15, -0.1) is 0 Å². The van der Waals surface area contributed by atoms with Gasteiger partial charge in [-0.2, -0.15) is 0 Å². The van der Waals surface area contributed by atoms with E-state index in [0.29, 0.717) is 15.7 Å². The number of amides is 1. The lowest BCUT2D eigenvalue weighted by atomic mass is 10.1. The summed E-state index contributed by atoms with van der Waals surface area (Å²) in [6.45, 7) is 2.71. The van der Waals surface area contributed by atoms with E-state index in [4.69, 9.17) is 0 Å². The first-order valence-electron chi connectivity index (χ1n) is 7.70. The third-order valence-electron chi connectivity index (χ3n) is 4.04. The van der Waals surface area contributed by atoms with Crippen molar-refractivity contribution in [1.29, 1.82) is 0 Å². The lowest BCUT2D eigenvalue weighted by Crippen LogP contribution is -2.23. The maximum atomic E-state index is 13.1. The van der Waals surface area contributed by atoms with Crippen molar-refractivity contribution in [2.45, 2.75) is 19.4 Å². The monoisotopic (exact) mass is 424 g/mol. The van der Waals surface area contributed by atoms with Crippen molar-refractivity contribution < 1.29 is 9.18 Å². The van der Waals surface area contributed by atoms with Crippen LogP contribution in [0.25, 0.3) is 0 Å². The van der Waals surface area contributed by atoms with E-state index in [0.717, 1.165) is 18.7 Å². The minimum absolute atomic E-state index is 0.182. The van der Waals surface area contributed by atoms with Gasteiger partial charge in [0.2, 0.25) is 0 Å². The molecule has 1 aliphatic rings. The maximum absolute atomic E-state index is 13.1. The van der Waals surface area contributed by atoms with E-state index in [1.165, 1.54) is 36.7 Å². The second-order valence-electron chi connectivity index (χ2n) is 5.67. The van der Waals surface area contributed by atoms with Crippen LogP contribution >= 0.6 is 22.6 Å². The van der Waals surface area contributed by atoms with E-state index in [9.17, 15) is 9.18 Å². The summed E-state index contributed by atoms with van der Waals surface area (Å²) in [5.41, 5.74) is 2.80. The number of halogens is 2. The topological polar surface area (TPSA) is 32.3 Å². The molecule has 23 heavy (non-hydrogen) atoms. The number of nitrogens with zero attached hydrogens (tertiary/aromatic N) is 1. The van der Waals surface area contributed by atoms with Crippen LogP contribution in [0.4, 0.5) is 10.1 Å². The van der Waals surface area contributed by atoms with Crippen LogP contribution in [-0.4, -0.2) is 19.0 Å². The SMILES string of the molecule is O=C(NCc1ccc(N2CCCC2)cc1)c1ccc(F)cc1I. The molecule has 1 fully saturated rings. The van der Waals surface area contributed by atoms with Crippen LogP contribution in [0.1, 0.15) is 28.8 Å². The number of hydrogen-bond acceptors (Lipinski definition) is 2. The van der Waals surface area contributed by atoms with Crippen LogP contribution in [0.3, 0.4) is 0 Å². The molecule has 2 aromatic carbocycles. The molecule has 120 valence electrons. The van der Waals surface area contributed by atoms with Gasteiger partial charge < -0.3 is 10.2 Å². The predicted octanol–water partition coefficient (Wildman–Crippen LogP) is 3.96. The van der Waals surface area contributed by atoms with E-state index in [1.807, 2.05) is 34.7 Å². The molecule has 0 bridgehead atoms. The third kappa shape index (κ3) is 4.02. The number of rotatable bonds is 4. The van der Waals surface area contributed by atoms with Crippen molar-refractivity contribution in [3.63, 3.8) is 0 Å². The molecule has 1 heterocycles. The van der Waals surface area contributed by atoms with Gasteiger partial charge in [0.25, 0.3) is 5.91 Å². The Morgan fingerprint density at radius 1 is 1.13 bits per heavy atom. The number of nitrogens with one attached hydrogen (secondary N) is 1. The number of carbonyl (C=O) groups excluding carboxylic acids is 1. The van der Waals surface area contributed by atoms with Crippen LogP contribution in [0.5, 0.6) is 0 Å². The van der Waals surface area contributed by atoms with Crippen molar-refractivity contribution in [1.82, 2.24) is 5.32 Å². The summed E-state index contributed by atoms with van der Waals surface area (Å²) in [6.07, 6.45) is 2.52. The van der Waals surface area contributed by atoms with Gasteiger partial charge in [0.1, 0.15) is 5.82 Å². The number of anilines is 1. The van der Waals surface area contributed by atoms with E-state index in [-0.39, 0.29) is 11.7 Å². The molecule has 5 heteroatoms. The van der Waals surface area contributed by atoms with Crippen molar-refractivity contribution in [3.05, 3.63) is 63.0 Å². The molecule has 0 radical (unpaired) electrons. The lowest BCUT2D eigenvalue weighted by Gasteiger charge is -2.17. The summed E-state index contributed by atoms with van der Waals surface area (Å²) in [7, 11) is 0. The normalized spacial score (nSPS) is 14.1. The summed E-state index contributed by atoms with van der Waals surface area (Å²) in [4.78, 5) is 14.6. The van der Waals surface area contributed by atoms with Gasteiger partial charge in [-0.3, -0.25) is 4.79 Å². The molecule has 1 aliphatic heterocycles. The Bertz CT molecular complexity index is 697. The number of benzene rings is 2. The Labute approximate surface area is 149 Å². The molecule has 1 saturated heterocycles. The molecule has 0 unspecified atom stereocenters. The minimum Gasteiger partial charge on any atom is -0.372 e. The van der Waals surface area contributed by atoms with Gasteiger partial charge in [-0.1, -0.05) is 12.1 Å². The molecule has 3 nitrogen and oxygen atoms in total. The largest absolute Gasteiger partial charge is 0.372 e. The first kappa shape index (κ1) is 16.2. The van der Waals surface area contributed by atoms with Crippen molar-refractivity contribution in [2.75, 3.05) is 18.0 Å². The first-order valence-corrected chi connectivity index (χ1v) is 8.78. The van der Waals surface area contributed by atoms with E-state index < -0.39 is 0 Å². The van der Waals surface area contributed by atoms with Gasteiger partial charge in [0.05, 0.1) is 5.56 Å². The third-order valence-corrected chi connectivity index (χ3v) is 4.93. The average molecular weight is 424 g/mol. The Morgan fingerprint density at radius 2 is 1.83 bits per heavy atom. The predicted molar refractivity (Wildman–Crippen MR) is 98.2 cm³/mol. The highest BCUT2D eigenvalue weighted by atomic mass is 127. The molecule has 2 aromatic rings. The van der Waals surface area contributed by atoms with Gasteiger partial charge in [0, 0.05) is 28.9 Å². The summed E-state index contributed by atoms with van der Waals surface area (Å²) in [5.74, 6) is -0.513. The second-order valence-corrected chi connectivity index (χ2v) is 6.83. The average Bonchev–Trinajstić information content (AvgIpc) is 3.07. The first-order chi connectivity index (χ1) is 11.1. The zero-order valence-electron chi connectivity index (χ0n) is 12.7. The minimum atomic E-state index is -0.330. The molecule has 0 aliphatic carbocycles. The van der Waals surface area contributed by atoms with Crippen LogP contribution in [0.2, 0.25) is 0 Å². The van der Waals surface area contributed by atoms with Gasteiger partial charge >= 0.3 is 0 Å². The highest BCUT2D eigenvalue weighted by Gasteiger charge is 2.13. The zero-order valence-corrected chi connectivity index (χ0v) is 14.8. The van der Waals surface area contributed by atoms with Crippen molar-refractivity contribution >= 4 is 34.2 Å². The summed E-state index contributed by atoms with van der Waals surface area (Å²) in [5, 5.41) is 2.88. The Morgan fingerprint density at radius 3 is 2.48 bits per heavy atom. The van der Waals surface area contributed by atoms with Crippen LogP contribution in [-0.2, 0) is 6.54 Å².